The highest BCUT2D eigenvalue weighted by Crippen LogP contribution is 2.44. The average molecular weight is 498 g/mol. The van der Waals surface area contributed by atoms with Crippen molar-refractivity contribution >= 4 is 40.6 Å². The lowest BCUT2D eigenvalue weighted by Gasteiger charge is -2.33. The number of methoxy groups -OCH3 is 1. The van der Waals surface area contributed by atoms with E-state index in [0.29, 0.717) is 17.3 Å². The number of aromatic nitrogens is 1. The number of benzene rings is 1. The summed E-state index contributed by atoms with van der Waals surface area (Å²) in [5.74, 6) is -0.338. The van der Waals surface area contributed by atoms with Gasteiger partial charge in [0.05, 0.1) is 30.9 Å². The normalized spacial score (nSPS) is 17.0. The molecule has 34 heavy (non-hydrogen) atoms. The van der Waals surface area contributed by atoms with Gasteiger partial charge < -0.3 is 19.5 Å². The van der Waals surface area contributed by atoms with Crippen molar-refractivity contribution in [2.45, 2.75) is 52.1 Å². The fraction of sp³-hybridized carbons (Fsp3) is 0.385. The first kappa shape index (κ1) is 23.0. The molecule has 0 fully saturated rings. The Balaban J connectivity index is 1.59. The van der Waals surface area contributed by atoms with Gasteiger partial charge >= 0.3 is 12.0 Å². The average Bonchev–Trinajstić information content (AvgIpc) is 3.40. The van der Waals surface area contributed by atoms with E-state index < -0.39 is 5.97 Å². The molecule has 5 rings (SSSR count). The van der Waals surface area contributed by atoms with Crippen molar-refractivity contribution in [2.75, 3.05) is 12.4 Å². The van der Waals surface area contributed by atoms with Gasteiger partial charge in [-0.15, -0.1) is 11.3 Å². The number of nitrogens with zero attached hydrogens (tertiary/aromatic N) is 2. The molecule has 0 spiro atoms. The highest BCUT2D eigenvalue weighted by molar-refractivity contribution is 7.15. The Morgan fingerprint density at radius 1 is 1.18 bits per heavy atom. The highest BCUT2D eigenvalue weighted by Gasteiger charge is 2.36. The van der Waals surface area contributed by atoms with Gasteiger partial charge in [-0.2, -0.15) is 0 Å². The van der Waals surface area contributed by atoms with Gasteiger partial charge in [0.15, 0.2) is 0 Å². The molecule has 1 aliphatic carbocycles. The SMILES string of the molecule is COC(=O)c1ccc(Cl)cc1NC(=O)N1Cc2c(sc3c2CCCC3)-n2cccc2[C@@H]1C(C)C. The van der Waals surface area contributed by atoms with Crippen LogP contribution >= 0.6 is 22.9 Å². The largest absolute Gasteiger partial charge is 0.465 e. The number of hydrogen-bond donors (Lipinski definition) is 1. The van der Waals surface area contributed by atoms with E-state index in [9.17, 15) is 9.59 Å². The number of aryl methyl sites for hydroxylation is 1. The van der Waals surface area contributed by atoms with E-state index in [-0.39, 0.29) is 23.6 Å². The molecule has 1 aliphatic heterocycles. The van der Waals surface area contributed by atoms with E-state index in [1.54, 1.807) is 18.2 Å². The van der Waals surface area contributed by atoms with Crippen LogP contribution in [0, 0.1) is 5.92 Å². The van der Waals surface area contributed by atoms with Crippen LogP contribution in [0.15, 0.2) is 36.5 Å². The van der Waals surface area contributed by atoms with E-state index in [1.807, 2.05) is 16.2 Å². The van der Waals surface area contributed by atoms with Crippen LogP contribution in [0.3, 0.4) is 0 Å². The zero-order valence-corrected chi connectivity index (χ0v) is 21.1. The molecule has 3 heterocycles. The van der Waals surface area contributed by atoms with Crippen molar-refractivity contribution in [3.05, 3.63) is 68.8 Å². The molecular weight excluding hydrogens is 470 g/mol. The van der Waals surface area contributed by atoms with Crippen molar-refractivity contribution in [2.24, 2.45) is 5.92 Å². The van der Waals surface area contributed by atoms with Gasteiger partial charge in [-0.3, -0.25) is 0 Å². The third-order valence-electron chi connectivity index (χ3n) is 6.75. The molecule has 0 saturated carbocycles. The maximum Gasteiger partial charge on any atom is 0.339 e. The molecule has 2 aliphatic rings. The molecule has 3 aromatic rings. The second-order valence-electron chi connectivity index (χ2n) is 9.23. The van der Waals surface area contributed by atoms with Gasteiger partial charge in [0.25, 0.3) is 0 Å². The van der Waals surface area contributed by atoms with Gasteiger partial charge in [0.1, 0.15) is 5.00 Å². The Kier molecular flexibility index (Phi) is 6.16. The summed E-state index contributed by atoms with van der Waals surface area (Å²) in [7, 11) is 1.32. The number of rotatable bonds is 3. The molecule has 0 saturated heterocycles. The van der Waals surface area contributed by atoms with E-state index in [2.05, 4.69) is 42.1 Å². The van der Waals surface area contributed by atoms with Crippen LogP contribution < -0.4 is 5.32 Å². The summed E-state index contributed by atoms with van der Waals surface area (Å²) in [6.07, 6.45) is 6.67. The molecular formula is C26H28ClN3O3S. The fourth-order valence-corrected chi connectivity index (χ4v) is 6.79. The minimum atomic E-state index is -0.522. The number of thiophene rings is 1. The molecule has 178 valence electrons. The summed E-state index contributed by atoms with van der Waals surface area (Å²) in [5, 5.41) is 4.63. The molecule has 2 aromatic heterocycles. The van der Waals surface area contributed by atoms with Crippen LogP contribution in [0.2, 0.25) is 5.02 Å². The fourth-order valence-electron chi connectivity index (χ4n) is 5.22. The van der Waals surface area contributed by atoms with Crippen LogP contribution in [0.5, 0.6) is 0 Å². The third kappa shape index (κ3) is 3.91. The Morgan fingerprint density at radius 2 is 1.97 bits per heavy atom. The van der Waals surface area contributed by atoms with Crippen molar-refractivity contribution in [1.29, 1.82) is 0 Å². The van der Waals surface area contributed by atoms with Crippen LogP contribution in [0.4, 0.5) is 10.5 Å². The second-order valence-corrected chi connectivity index (χ2v) is 10.7. The number of fused-ring (bicyclic) bond motifs is 5. The van der Waals surface area contributed by atoms with Gasteiger partial charge in [0, 0.05) is 27.4 Å². The number of nitrogens with one attached hydrogen (secondary N) is 1. The number of esters is 1. The molecule has 1 atom stereocenters. The third-order valence-corrected chi connectivity index (χ3v) is 8.32. The highest BCUT2D eigenvalue weighted by atomic mass is 35.5. The second kappa shape index (κ2) is 9.12. The smallest absolute Gasteiger partial charge is 0.339 e. The number of ether oxygens (including phenoxy) is 1. The number of amides is 2. The Bertz CT molecular complexity index is 1260. The number of halogens is 1. The number of anilines is 1. The lowest BCUT2D eigenvalue weighted by molar-refractivity contribution is 0.0602. The van der Waals surface area contributed by atoms with E-state index in [4.69, 9.17) is 16.3 Å². The first-order valence-electron chi connectivity index (χ1n) is 11.7. The van der Waals surface area contributed by atoms with Gasteiger partial charge in [-0.05, 0) is 67.5 Å². The first-order valence-corrected chi connectivity index (χ1v) is 12.8. The first-order chi connectivity index (χ1) is 16.4. The number of carbonyl (C=O) groups is 2. The van der Waals surface area contributed by atoms with Crippen LogP contribution in [-0.2, 0) is 24.1 Å². The number of carbonyl (C=O) groups excluding carboxylic acids is 2. The Labute approximate surface area is 208 Å². The zero-order valence-electron chi connectivity index (χ0n) is 19.6. The summed E-state index contributed by atoms with van der Waals surface area (Å²) >= 11 is 8.07. The van der Waals surface area contributed by atoms with Gasteiger partial charge in [0.2, 0.25) is 0 Å². The lowest BCUT2D eigenvalue weighted by Crippen LogP contribution is -2.40. The van der Waals surface area contributed by atoms with Crippen molar-refractivity contribution in [1.82, 2.24) is 9.47 Å². The number of urea groups is 1. The molecule has 2 amide bonds. The maximum absolute atomic E-state index is 13.9. The molecule has 6 nitrogen and oxygen atoms in total. The summed E-state index contributed by atoms with van der Waals surface area (Å²) < 4.78 is 7.18. The Hall–Kier alpha value is -2.77. The quantitative estimate of drug-likeness (QED) is 0.414. The van der Waals surface area contributed by atoms with Gasteiger partial charge in [-0.1, -0.05) is 25.4 Å². The zero-order chi connectivity index (χ0) is 24.0. The minimum Gasteiger partial charge on any atom is -0.465 e. The summed E-state index contributed by atoms with van der Waals surface area (Å²) in [5.41, 5.74) is 4.37. The topological polar surface area (TPSA) is 63.6 Å². The molecule has 1 aromatic carbocycles. The monoisotopic (exact) mass is 497 g/mol. The van der Waals surface area contributed by atoms with E-state index in [0.717, 1.165) is 18.5 Å². The molecule has 0 radical (unpaired) electrons. The summed E-state index contributed by atoms with van der Waals surface area (Å²) in [4.78, 5) is 29.5. The van der Waals surface area contributed by atoms with E-state index >= 15 is 0 Å². The molecule has 8 heteroatoms. The van der Waals surface area contributed by atoms with Crippen LogP contribution in [0.25, 0.3) is 5.00 Å². The lowest BCUT2D eigenvalue weighted by atomic mass is 9.94. The molecule has 1 N–H and O–H groups in total. The Morgan fingerprint density at radius 3 is 2.74 bits per heavy atom. The van der Waals surface area contributed by atoms with E-state index in [1.165, 1.54) is 41.0 Å². The number of hydrogen-bond acceptors (Lipinski definition) is 4. The van der Waals surface area contributed by atoms with Crippen LogP contribution in [0.1, 0.15) is 64.8 Å². The molecule has 0 bridgehead atoms. The maximum atomic E-state index is 13.9. The van der Waals surface area contributed by atoms with Crippen molar-refractivity contribution < 1.29 is 14.3 Å². The summed E-state index contributed by atoms with van der Waals surface area (Å²) in [6.45, 7) is 4.79. The van der Waals surface area contributed by atoms with Crippen LogP contribution in [-0.4, -0.2) is 28.6 Å². The summed E-state index contributed by atoms with van der Waals surface area (Å²) in [6, 6.07) is 8.55. The minimum absolute atomic E-state index is 0.130. The van der Waals surface area contributed by atoms with Crippen molar-refractivity contribution in [3.63, 3.8) is 0 Å². The van der Waals surface area contributed by atoms with Gasteiger partial charge in [-0.25, -0.2) is 9.59 Å². The predicted octanol–water partition coefficient (Wildman–Crippen LogP) is 6.60. The predicted molar refractivity (Wildman–Crippen MR) is 135 cm³/mol. The van der Waals surface area contributed by atoms with Crippen molar-refractivity contribution in [3.8, 4) is 5.00 Å². The molecule has 0 unspecified atom stereocenters. The standard InChI is InChI=1S/C26H28ClN3O3S/c1-15(2)23-21-8-6-12-29(21)24-19(17-7-4-5-9-22(17)34-24)14-30(23)26(32)28-20-13-16(27)10-11-18(20)25(31)33-3/h6,8,10-13,15,23H,4-5,7,9,14H2,1-3H3,(H,28,32)/t23-/m0/s1.